The van der Waals surface area contributed by atoms with E-state index >= 15 is 0 Å². The minimum atomic E-state index is -3.31. The largest absolute Gasteiger partial charge is 0.329 e. The molecule has 1 heterocycles. The molecule has 0 aromatic rings. The van der Waals surface area contributed by atoms with Gasteiger partial charge in [0, 0.05) is 25.7 Å². The molecular weight excluding hydrogens is 214 g/mol. The van der Waals surface area contributed by atoms with Gasteiger partial charge in [0.2, 0.25) is 0 Å². The monoisotopic (exact) mass is 235 g/mol. The van der Waals surface area contributed by atoms with Gasteiger partial charge in [-0.3, -0.25) is 0 Å². The summed E-state index contributed by atoms with van der Waals surface area (Å²) in [5.74, 6) is 0.318. The van der Waals surface area contributed by atoms with E-state index in [1.54, 1.807) is 0 Å². The minimum absolute atomic E-state index is 0.0188. The Morgan fingerprint density at radius 2 is 2.20 bits per heavy atom. The molecule has 0 bridgehead atoms. The molecule has 0 saturated carbocycles. The Labute approximate surface area is 92.2 Å². The fourth-order valence-electron chi connectivity index (χ4n) is 1.72. The van der Waals surface area contributed by atoms with Crippen molar-refractivity contribution in [2.24, 2.45) is 11.7 Å². The summed E-state index contributed by atoms with van der Waals surface area (Å²) in [6.07, 6.45) is 1.78. The Balaban J connectivity index is 2.60. The number of hydrogen-bond donors (Lipinski definition) is 2. The second-order valence-corrected chi connectivity index (χ2v) is 6.10. The smallest absolute Gasteiger partial charge is 0.279 e. The molecule has 0 radical (unpaired) electrons. The molecule has 15 heavy (non-hydrogen) atoms. The van der Waals surface area contributed by atoms with Crippen molar-refractivity contribution in [1.82, 2.24) is 9.03 Å². The van der Waals surface area contributed by atoms with Crippen LogP contribution in [0.2, 0.25) is 0 Å². The normalized spacial score (nSPS) is 23.9. The maximum absolute atomic E-state index is 11.9. The molecule has 0 aromatic carbocycles. The lowest BCUT2D eigenvalue weighted by Gasteiger charge is -2.23. The van der Waals surface area contributed by atoms with Gasteiger partial charge in [-0.2, -0.15) is 12.7 Å². The van der Waals surface area contributed by atoms with Gasteiger partial charge in [-0.25, -0.2) is 4.72 Å². The van der Waals surface area contributed by atoms with E-state index in [0.29, 0.717) is 25.6 Å². The molecule has 0 aromatic heterocycles. The number of nitrogens with two attached hydrogens (primary N) is 1. The van der Waals surface area contributed by atoms with E-state index < -0.39 is 10.2 Å². The molecule has 1 saturated heterocycles. The number of rotatable bonds is 5. The first kappa shape index (κ1) is 12.9. The summed E-state index contributed by atoms with van der Waals surface area (Å²) >= 11 is 0. The molecule has 1 rings (SSSR count). The highest BCUT2D eigenvalue weighted by Crippen LogP contribution is 2.19. The Morgan fingerprint density at radius 3 is 2.73 bits per heavy atom. The standard InChI is InChI=1S/C9H21N3O2S/c1-8(2)7-11-15(13,14)12-5-3-4-9(12)6-10/h8-9,11H,3-7,10H2,1-2H3. The van der Waals surface area contributed by atoms with E-state index in [4.69, 9.17) is 5.73 Å². The van der Waals surface area contributed by atoms with Crippen LogP contribution < -0.4 is 10.5 Å². The molecule has 1 aliphatic heterocycles. The fraction of sp³-hybridized carbons (Fsp3) is 1.00. The molecular formula is C9H21N3O2S. The van der Waals surface area contributed by atoms with Crippen LogP contribution in [0.15, 0.2) is 0 Å². The van der Waals surface area contributed by atoms with Gasteiger partial charge in [-0.05, 0) is 18.8 Å². The van der Waals surface area contributed by atoms with Crippen LogP contribution in [-0.2, 0) is 10.2 Å². The quantitative estimate of drug-likeness (QED) is 0.698. The molecule has 6 heteroatoms. The van der Waals surface area contributed by atoms with E-state index in [-0.39, 0.29) is 6.04 Å². The average molecular weight is 235 g/mol. The van der Waals surface area contributed by atoms with Crippen LogP contribution in [0.25, 0.3) is 0 Å². The third-order valence-electron chi connectivity index (χ3n) is 2.58. The summed E-state index contributed by atoms with van der Waals surface area (Å²) in [6.45, 7) is 5.44. The first-order chi connectivity index (χ1) is 6.97. The van der Waals surface area contributed by atoms with E-state index in [9.17, 15) is 8.42 Å². The highest BCUT2D eigenvalue weighted by molar-refractivity contribution is 7.87. The van der Waals surface area contributed by atoms with E-state index in [1.165, 1.54) is 4.31 Å². The Kier molecular flexibility index (Phi) is 4.51. The average Bonchev–Trinajstić information content (AvgIpc) is 2.63. The third-order valence-corrected chi connectivity index (χ3v) is 4.21. The fourth-order valence-corrected chi connectivity index (χ4v) is 3.38. The zero-order valence-corrected chi connectivity index (χ0v) is 10.3. The van der Waals surface area contributed by atoms with Gasteiger partial charge >= 0.3 is 0 Å². The third kappa shape index (κ3) is 3.41. The lowest BCUT2D eigenvalue weighted by Crippen LogP contribution is -2.46. The first-order valence-corrected chi connectivity index (χ1v) is 6.88. The zero-order chi connectivity index (χ0) is 11.5. The minimum Gasteiger partial charge on any atom is -0.329 e. The van der Waals surface area contributed by atoms with Gasteiger partial charge in [0.1, 0.15) is 0 Å². The van der Waals surface area contributed by atoms with Crippen molar-refractivity contribution in [3.63, 3.8) is 0 Å². The van der Waals surface area contributed by atoms with Crippen LogP contribution in [0.3, 0.4) is 0 Å². The SMILES string of the molecule is CC(C)CNS(=O)(=O)N1CCCC1CN. The van der Waals surface area contributed by atoms with Crippen LogP contribution >= 0.6 is 0 Å². The highest BCUT2D eigenvalue weighted by Gasteiger charge is 2.32. The summed E-state index contributed by atoms with van der Waals surface area (Å²) in [6, 6.07) is -0.0188. The topological polar surface area (TPSA) is 75.4 Å². The van der Waals surface area contributed by atoms with Crippen molar-refractivity contribution < 1.29 is 8.42 Å². The molecule has 1 unspecified atom stereocenters. The summed E-state index contributed by atoms with van der Waals surface area (Å²) in [5, 5.41) is 0. The van der Waals surface area contributed by atoms with Crippen molar-refractivity contribution in [3.05, 3.63) is 0 Å². The van der Waals surface area contributed by atoms with Crippen LogP contribution in [0.5, 0.6) is 0 Å². The maximum Gasteiger partial charge on any atom is 0.279 e. The van der Waals surface area contributed by atoms with Crippen LogP contribution in [0.4, 0.5) is 0 Å². The molecule has 1 atom stereocenters. The molecule has 90 valence electrons. The summed E-state index contributed by atoms with van der Waals surface area (Å²) in [7, 11) is -3.31. The van der Waals surface area contributed by atoms with E-state index in [1.807, 2.05) is 13.8 Å². The lowest BCUT2D eigenvalue weighted by molar-refractivity contribution is 0.383. The van der Waals surface area contributed by atoms with Crippen molar-refractivity contribution in [2.45, 2.75) is 32.7 Å². The van der Waals surface area contributed by atoms with Gasteiger partial charge in [0.25, 0.3) is 10.2 Å². The van der Waals surface area contributed by atoms with Crippen molar-refractivity contribution in [1.29, 1.82) is 0 Å². The van der Waals surface area contributed by atoms with Gasteiger partial charge < -0.3 is 5.73 Å². The van der Waals surface area contributed by atoms with Gasteiger partial charge in [0.05, 0.1) is 0 Å². The van der Waals surface area contributed by atoms with E-state index in [0.717, 1.165) is 12.8 Å². The van der Waals surface area contributed by atoms with Gasteiger partial charge in [-0.1, -0.05) is 13.8 Å². The molecule has 0 spiro atoms. The van der Waals surface area contributed by atoms with Gasteiger partial charge in [-0.15, -0.1) is 0 Å². The molecule has 3 N–H and O–H groups in total. The number of nitrogens with one attached hydrogen (secondary N) is 1. The molecule has 1 fully saturated rings. The van der Waals surface area contributed by atoms with Crippen LogP contribution in [0, 0.1) is 5.92 Å². The van der Waals surface area contributed by atoms with Crippen LogP contribution in [0.1, 0.15) is 26.7 Å². The Hall–Kier alpha value is -0.170. The van der Waals surface area contributed by atoms with E-state index in [2.05, 4.69) is 4.72 Å². The Bertz CT molecular complexity index is 290. The highest BCUT2D eigenvalue weighted by atomic mass is 32.2. The first-order valence-electron chi connectivity index (χ1n) is 5.44. The van der Waals surface area contributed by atoms with Crippen molar-refractivity contribution in [3.8, 4) is 0 Å². The second-order valence-electron chi connectivity index (χ2n) is 4.39. The van der Waals surface area contributed by atoms with Crippen molar-refractivity contribution >= 4 is 10.2 Å². The Morgan fingerprint density at radius 1 is 1.53 bits per heavy atom. The van der Waals surface area contributed by atoms with Crippen LogP contribution in [-0.4, -0.2) is 38.4 Å². The molecule has 0 amide bonds. The van der Waals surface area contributed by atoms with Crippen molar-refractivity contribution in [2.75, 3.05) is 19.6 Å². The number of nitrogens with zero attached hydrogens (tertiary/aromatic N) is 1. The predicted molar refractivity (Wildman–Crippen MR) is 60.5 cm³/mol. The lowest BCUT2D eigenvalue weighted by atomic mass is 10.2. The summed E-state index contributed by atoms with van der Waals surface area (Å²) in [5.41, 5.74) is 5.54. The number of hydrogen-bond acceptors (Lipinski definition) is 3. The second kappa shape index (κ2) is 5.25. The maximum atomic E-state index is 11.9. The molecule has 0 aliphatic carbocycles. The zero-order valence-electron chi connectivity index (χ0n) is 9.44. The predicted octanol–water partition coefficient (Wildman–Crippen LogP) is -0.100. The summed E-state index contributed by atoms with van der Waals surface area (Å²) < 4.78 is 27.8. The summed E-state index contributed by atoms with van der Waals surface area (Å²) in [4.78, 5) is 0. The molecule has 1 aliphatic rings. The molecule has 5 nitrogen and oxygen atoms in total. The van der Waals surface area contributed by atoms with Gasteiger partial charge in [0.15, 0.2) is 0 Å².